The number of aromatic nitrogens is 2. The first-order valence-electron chi connectivity index (χ1n) is 7.19. The van der Waals surface area contributed by atoms with E-state index in [-0.39, 0.29) is 0 Å². The summed E-state index contributed by atoms with van der Waals surface area (Å²) in [5, 5.41) is 3.52. The molecule has 1 unspecified atom stereocenters. The van der Waals surface area contributed by atoms with E-state index < -0.39 is 0 Å². The number of anilines is 1. The molecule has 0 radical (unpaired) electrons. The predicted octanol–water partition coefficient (Wildman–Crippen LogP) is 2.44. The van der Waals surface area contributed by atoms with Crippen LogP contribution in [-0.2, 0) is 6.54 Å². The van der Waals surface area contributed by atoms with Crippen molar-refractivity contribution in [1.82, 2.24) is 14.5 Å². The molecule has 102 valence electrons. The van der Waals surface area contributed by atoms with Gasteiger partial charge in [-0.15, -0.1) is 0 Å². The summed E-state index contributed by atoms with van der Waals surface area (Å²) in [5.74, 6) is 1.67. The van der Waals surface area contributed by atoms with Crippen molar-refractivity contribution in [2.45, 2.75) is 46.2 Å². The third-order valence-corrected chi connectivity index (χ3v) is 3.68. The molecule has 4 heteroatoms. The molecule has 18 heavy (non-hydrogen) atoms. The fourth-order valence-electron chi connectivity index (χ4n) is 2.77. The summed E-state index contributed by atoms with van der Waals surface area (Å²) in [7, 11) is 0. The standard InChI is InChI=1S/C14H26N4/c1-4-17-8-5-6-13(17)10-16-14-15-7-9-18(14)11-12(2)3/h7,9,12-13H,4-6,8,10-11H2,1-3H3,(H,15,16). The highest BCUT2D eigenvalue weighted by Crippen LogP contribution is 2.17. The molecule has 0 bridgehead atoms. The maximum atomic E-state index is 4.41. The molecular weight excluding hydrogens is 224 g/mol. The Labute approximate surface area is 110 Å². The van der Waals surface area contributed by atoms with E-state index in [4.69, 9.17) is 0 Å². The first kappa shape index (κ1) is 13.4. The molecule has 1 saturated heterocycles. The fraction of sp³-hybridized carbons (Fsp3) is 0.786. The van der Waals surface area contributed by atoms with Gasteiger partial charge in [-0.3, -0.25) is 4.90 Å². The first-order valence-corrected chi connectivity index (χ1v) is 7.19. The van der Waals surface area contributed by atoms with E-state index in [1.807, 2.05) is 6.20 Å². The lowest BCUT2D eigenvalue weighted by molar-refractivity contribution is 0.276. The van der Waals surface area contributed by atoms with Crippen LogP contribution in [0.25, 0.3) is 0 Å². The number of likely N-dealkylation sites (N-methyl/N-ethyl adjacent to an activating group) is 1. The number of hydrogen-bond donors (Lipinski definition) is 1. The van der Waals surface area contributed by atoms with E-state index in [9.17, 15) is 0 Å². The van der Waals surface area contributed by atoms with E-state index >= 15 is 0 Å². The molecule has 1 aromatic rings. The van der Waals surface area contributed by atoms with Crippen LogP contribution in [0.3, 0.4) is 0 Å². The van der Waals surface area contributed by atoms with E-state index in [2.05, 4.69) is 46.7 Å². The van der Waals surface area contributed by atoms with Crippen molar-refractivity contribution < 1.29 is 0 Å². The number of imidazole rings is 1. The van der Waals surface area contributed by atoms with Gasteiger partial charge < -0.3 is 9.88 Å². The largest absolute Gasteiger partial charge is 0.354 e. The molecule has 1 fully saturated rings. The smallest absolute Gasteiger partial charge is 0.202 e. The number of nitrogens with one attached hydrogen (secondary N) is 1. The third kappa shape index (κ3) is 3.25. The highest BCUT2D eigenvalue weighted by molar-refractivity contribution is 5.26. The molecule has 0 aliphatic carbocycles. The van der Waals surface area contributed by atoms with Crippen molar-refractivity contribution in [2.24, 2.45) is 5.92 Å². The average molecular weight is 250 g/mol. The van der Waals surface area contributed by atoms with Gasteiger partial charge in [0.25, 0.3) is 0 Å². The fourth-order valence-corrected chi connectivity index (χ4v) is 2.77. The minimum atomic E-state index is 0.651. The van der Waals surface area contributed by atoms with Crippen LogP contribution < -0.4 is 5.32 Å². The van der Waals surface area contributed by atoms with Crippen LogP contribution in [0.4, 0.5) is 5.95 Å². The highest BCUT2D eigenvalue weighted by atomic mass is 15.2. The van der Waals surface area contributed by atoms with Crippen molar-refractivity contribution in [1.29, 1.82) is 0 Å². The number of rotatable bonds is 6. The van der Waals surface area contributed by atoms with Gasteiger partial charge >= 0.3 is 0 Å². The summed E-state index contributed by atoms with van der Waals surface area (Å²) in [5.41, 5.74) is 0. The van der Waals surface area contributed by atoms with Crippen molar-refractivity contribution in [3.8, 4) is 0 Å². The van der Waals surface area contributed by atoms with Gasteiger partial charge in [0.15, 0.2) is 0 Å². The molecule has 1 atom stereocenters. The Balaban J connectivity index is 1.88. The van der Waals surface area contributed by atoms with Gasteiger partial charge in [-0.05, 0) is 31.8 Å². The van der Waals surface area contributed by atoms with E-state index in [1.165, 1.54) is 19.4 Å². The zero-order chi connectivity index (χ0) is 13.0. The number of nitrogens with zero attached hydrogens (tertiary/aromatic N) is 3. The second-order valence-electron chi connectivity index (χ2n) is 5.60. The summed E-state index contributed by atoms with van der Waals surface area (Å²) in [6, 6.07) is 0.680. The predicted molar refractivity (Wildman–Crippen MR) is 75.8 cm³/mol. The van der Waals surface area contributed by atoms with Crippen LogP contribution in [0.1, 0.15) is 33.6 Å². The maximum absolute atomic E-state index is 4.41. The van der Waals surface area contributed by atoms with Crippen molar-refractivity contribution >= 4 is 5.95 Å². The second kappa shape index (κ2) is 6.23. The molecule has 0 spiro atoms. The quantitative estimate of drug-likeness (QED) is 0.842. The number of hydrogen-bond acceptors (Lipinski definition) is 3. The SMILES string of the molecule is CCN1CCCC1CNc1nccn1CC(C)C. The Kier molecular flexibility index (Phi) is 4.64. The summed E-state index contributed by atoms with van der Waals surface area (Å²) in [6.45, 7) is 11.2. The Hall–Kier alpha value is -1.03. The van der Waals surface area contributed by atoms with Crippen LogP contribution in [0, 0.1) is 5.92 Å². The van der Waals surface area contributed by atoms with Gasteiger partial charge in [0.2, 0.25) is 5.95 Å². The minimum Gasteiger partial charge on any atom is -0.354 e. The molecule has 0 aromatic carbocycles. The molecular formula is C14H26N4. The summed E-state index contributed by atoms with van der Waals surface area (Å²) < 4.78 is 2.22. The van der Waals surface area contributed by atoms with Crippen molar-refractivity contribution in [2.75, 3.05) is 25.0 Å². The molecule has 2 rings (SSSR count). The van der Waals surface area contributed by atoms with Gasteiger partial charge in [0.1, 0.15) is 0 Å². The van der Waals surface area contributed by atoms with Crippen molar-refractivity contribution in [3.63, 3.8) is 0 Å². The van der Waals surface area contributed by atoms with Crippen LogP contribution in [0.2, 0.25) is 0 Å². The maximum Gasteiger partial charge on any atom is 0.202 e. The molecule has 0 amide bonds. The lowest BCUT2D eigenvalue weighted by Crippen LogP contribution is -2.35. The van der Waals surface area contributed by atoms with Gasteiger partial charge in [-0.25, -0.2) is 4.98 Å². The first-order chi connectivity index (χ1) is 8.70. The highest BCUT2D eigenvalue weighted by Gasteiger charge is 2.22. The molecule has 1 aliphatic heterocycles. The third-order valence-electron chi connectivity index (χ3n) is 3.68. The summed E-state index contributed by atoms with van der Waals surface area (Å²) in [4.78, 5) is 6.97. The lowest BCUT2D eigenvalue weighted by Gasteiger charge is -2.23. The molecule has 1 N–H and O–H groups in total. The Morgan fingerprint density at radius 3 is 3.06 bits per heavy atom. The molecule has 4 nitrogen and oxygen atoms in total. The van der Waals surface area contributed by atoms with E-state index in [0.29, 0.717) is 12.0 Å². The van der Waals surface area contributed by atoms with Crippen LogP contribution in [0.5, 0.6) is 0 Å². The van der Waals surface area contributed by atoms with Gasteiger partial charge in [0, 0.05) is 31.5 Å². The van der Waals surface area contributed by atoms with Crippen LogP contribution in [-0.4, -0.2) is 40.1 Å². The van der Waals surface area contributed by atoms with Crippen LogP contribution >= 0.6 is 0 Å². The van der Waals surface area contributed by atoms with Crippen LogP contribution in [0.15, 0.2) is 12.4 Å². The zero-order valence-electron chi connectivity index (χ0n) is 11.9. The Morgan fingerprint density at radius 1 is 1.50 bits per heavy atom. The minimum absolute atomic E-state index is 0.651. The molecule has 1 aliphatic rings. The average Bonchev–Trinajstić information content (AvgIpc) is 2.94. The lowest BCUT2D eigenvalue weighted by atomic mass is 10.2. The number of likely N-dealkylation sites (tertiary alicyclic amines) is 1. The summed E-state index contributed by atoms with van der Waals surface area (Å²) >= 11 is 0. The molecule has 2 heterocycles. The Bertz CT molecular complexity index is 358. The molecule has 0 saturated carbocycles. The van der Waals surface area contributed by atoms with Gasteiger partial charge in [0.05, 0.1) is 0 Å². The van der Waals surface area contributed by atoms with Gasteiger partial charge in [-0.2, -0.15) is 0 Å². The zero-order valence-corrected chi connectivity index (χ0v) is 11.9. The molecule has 1 aromatic heterocycles. The van der Waals surface area contributed by atoms with Crippen molar-refractivity contribution in [3.05, 3.63) is 12.4 Å². The topological polar surface area (TPSA) is 33.1 Å². The van der Waals surface area contributed by atoms with E-state index in [0.717, 1.165) is 25.6 Å². The normalized spacial score (nSPS) is 20.8. The Morgan fingerprint density at radius 2 is 2.33 bits per heavy atom. The summed E-state index contributed by atoms with van der Waals surface area (Å²) in [6.07, 6.45) is 6.60. The van der Waals surface area contributed by atoms with E-state index in [1.54, 1.807) is 0 Å². The van der Waals surface area contributed by atoms with Gasteiger partial charge in [-0.1, -0.05) is 20.8 Å². The second-order valence-corrected chi connectivity index (χ2v) is 5.60. The monoisotopic (exact) mass is 250 g/mol.